The van der Waals surface area contributed by atoms with Gasteiger partial charge in [0.2, 0.25) is 0 Å². The number of rotatable bonds is 3. The Kier molecular flexibility index (Phi) is 3.16. The lowest BCUT2D eigenvalue weighted by Crippen LogP contribution is -2.04. The fraction of sp³-hybridized carbons (Fsp3) is 0.125. The number of hydrogen-bond donors (Lipinski definition) is 1. The average molecular weight is 216 g/mol. The molecule has 14 heavy (non-hydrogen) atoms. The second kappa shape index (κ2) is 4.17. The highest BCUT2D eigenvalue weighted by Gasteiger charge is 2.12. The molecule has 0 amide bonds. The standard InChI is InChI=1S/C8H6ClNO4/c9-6-1-5(8(12)4-11)2-7(3-6)10(13)14/h1-3,11H,4H2. The van der Waals surface area contributed by atoms with Gasteiger partial charge in [0.15, 0.2) is 5.78 Å². The Bertz CT molecular complexity index is 391. The van der Waals surface area contributed by atoms with E-state index in [0.717, 1.165) is 12.1 Å². The average Bonchev–Trinajstić information content (AvgIpc) is 2.15. The minimum atomic E-state index is -0.697. The highest BCUT2D eigenvalue weighted by atomic mass is 35.5. The van der Waals surface area contributed by atoms with Crippen LogP contribution in [0.1, 0.15) is 10.4 Å². The molecule has 0 aliphatic rings. The molecule has 0 unspecified atom stereocenters. The first kappa shape index (κ1) is 10.6. The smallest absolute Gasteiger partial charge is 0.271 e. The van der Waals surface area contributed by atoms with Crippen LogP contribution >= 0.6 is 11.6 Å². The maximum absolute atomic E-state index is 11.0. The fourth-order valence-corrected chi connectivity index (χ4v) is 1.16. The summed E-state index contributed by atoms with van der Waals surface area (Å²) in [5.74, 6) is -0.601. The molecule has 1 aromatic carbocycles. The number of non-ortho nitro benzene ring substituents is 1. The zero-order valence-corrected chi connectivity index (χ0v) is 7.69. The van der Waals surface area contributed by atoms with Crippen molar-refractivity contribution in [3.8, 4) is 0 Å². The van der Waals surface area contributed by atoms with E-state index in [1.54, 1.807) is 0 Å². The monoisotopic (exact) mass is 215 g/mol. The lowest BCUT2D eigenvalue weighted by atomic mass is 10.1. The summed E-state index contributed by atoms with van der Waals surface area (Å²) >= 11 is 5.56. The van der Waals surface area contributed by atoms with Crippen LogP contribution in [0.5, 0.6) is 0 Å². The van der Waals surface area contributed by atoms with Crippen molar-refractivity contribution >= 4 is 23.1 Å². The summed E-state index contributed by atoms with van der Waals surface area (Å²) in [6.07, 6.45) is 0. The Morgan fingerprint density at radius 2 is 2.14 bits per heavy atom. The molecule has 74 valence electrons. The Labute approximate surface area is 84.1 Å². The van der Waals surface area contributed by atoms with Gasteiger partial charge in [0, 0.05) is 22.7 Å². The first-order chi connectivity index (χ1) is 6.54. The highest BCUT2D eigenvalue weighted by Crippen LogP contribution is 2.20. The molecule has 0 atom stereocenters. The molecule has 0 aliphatic heterocycles. The van der Waals surface area contributed by atoms with Crippen molar-refractivity contribution in [2.75, 3.05) is 6.61 Å². The number of hydrogen-bond acceptors (Lipinski definition) is 4. The van der Waals surface area contributed by atoms with E-state index in [2.05, 4.69) is 0 Å². The van der Waals surface area contributed by atoms with Gasteiger partial charge in [-0.05, 0) is 6.07 Å². The fourth-order valence-electron chi connectivity index (χ4n) is 0.932. The van der Waals surface area contributed by atoms with Gasteiger partial charge in [-0.3, -0.25) is 14.9 Å². The molecule has 0 bridgehead atoms. The number of halogens is 1. The van der Waals surface area contributed by atoms with Crippen LogP contribution in [0.2, 0.25) is 5.02 Å². The number of carbonyl (C=O) groups excluding carboxylic acids is 1. The van der Waals surface area contributed by atoms with Gasteiger partial charge in [-0.1, -0.05) is 11.6 Å². The third-order valence-electron chi connectivity index (χ3n) is 1.56. The van der Waals surface area contributed by atoms with Crippen LogP contribution in [0, 0.1) is 10.1 Å². The maximum atomic E-state index is 11.0. The second-order valence-corrected chi connectivity index (χ2v) is 2.97. The molecular weight excluding hydrogens is 210 g/mol. The third kappa shape index (κ3) is 2.27. The van der Waals surface area contributed by atoms with Crippen molar-refractivity contribution in [3.05, 3.63) is 38.9 Å². The number of carbonyl (C=O) groups is 1. The van der Waals surface area contributed by atoms with Crippen LogP contribution in [0.15, 0.2) is 18.2 Å². The molecule has 0 aromatic heterocycles. The molecule has 0 aliphatic carbocycles. The van der Waals surface area contributed by atoms with Gasteiger partial charge in [-0.15, -0.1) is 0 Å². The van der Waals surface area contributed by atoms with Crippen molar-refractivity contribution in [3.63, 3.8) is 0 Å². The number of benzene rings is 1. The number of nitro benzene ring substituents is 1. The minimum absolute atomic E-state index is 0.0340. The molecule has 0 fully saturated rings. The zero-order valence-electron chi connectivity index (χ0n) is 6.94. The van der Waals surface area contributed by atoms with Crippen molar-refractivity contribution in [1.82, 2.24) is 0 Å². The molecule has 0 spiro atoms. The quantitative estimate of drug-likeness (QED) is 0.470. The maximum Gasteiger partial charge on any atom is 0.271 e. The van der Waals surface area contributed by atoms with Crippen LogP contribution in [-0.2, 0) is 0 Å². The van der Waals surface area contributed by atoms with Gasteiger partial charge >= 0.3 is 0 Å². The van der Waals surface area contributed by atoms with Crippen LogP contribution in [0.3, 0.4) is 0 Å². The molecule has 0 saturated carbocycles. The van der Waals surface area contributed by atoms with E-state index < -0.39 is 17.3 Å². The normalized spacial score (nSPS) is 9.86. The summed E-state index contributed by atoms with van der Waals surface area (Å²) in [4.78, 5) is 20.7. The topological polar surface area (TPSA) is 80.4 Å². The summed E-state index contributed by atoms with van der Waals surface area (Å²) in [6.45, 7) is -0.697. The van der Waals surface area contributed by atoms with Crippen LogP contribution in [-0.4, -0.2) is 22.4 Å². The molecule has 0 radical (unpaired) electrons. The molecule has 1 rings (SSSR count). The Hall–Kier alpha value is -1.46. The first-order valence-corrected chi connectivity index (χ1v) is 4.01. The predicted molar refractivity (Wildman–Crippen MR) is 49.5 cm³/mol. The highest BCUT2D eigenvalue weighted by molar-refractivity contribution is 6.31. The predicted octanol–water partition coefficient (Wildman–Crippen LogP) is 1.42. The molecule has 0 saturated heterocycles. The molecule has 5 nitrogen and oxygen atoms in total. The van der Waals surface area contributed by atoms with Crippen LogP contribution in [0.25, 0.3) is 0 Å². The van der Waals surface area contributed by atoms with E-state index in [0.29, 0.717) is 0 Å². The van der Waals surface area contributed by atoms with Gasteiger partial charge in [0.25, 0.3) is 5.69 Å². The number of aliphatic hydroxyl groups excluding tert-OH is 1. The van der Waals surface area contributed by atoms with Crippen molar-refractivity contribution in [1.29, 1.82) is 0 Å². The Balaban J connectivity index is 3.20. The number of aliphatic hydroxyl groups is 1. The summed E-state index contributed by atoms with van der Waals surface area (Å²) in [7, 11) is 0. The lowest BCUT2D eigenvalue weighted by Gasteiger charge is -1.98. The van der Waals surface area contributed by atoms with E-state index in [4.69, 9.17) is 16.7 Å². The van der Waals surface area contributed by atoms with E-state index in [9.17, 15) is 14.9 Å². The Morgan fingerprint density at radius 3 is 2.64 bits per heavy atom. The number of nitrogens with zero attached hydrogens (tertiary/aromatic N) is 1. The molecule has 6 heteroatoms. The van der Waals surface area contributed by atoms with Gasteiger partial charge in [0.05, 0.1) is 4.92 Å². The van der Waals surface area contributed by atoms with Crippen molar-refractivity contribution in [2.45, 2.75) is 0 Å². The van der Waals surface area contributed by atoms with E-state index in [-0.39, 0.29) is 16.3 Å². The van der Waals surface area contributed by atoms with E-state index in [1.165, 1.54) is 6.07 Å². The minimum Gasteiger partial charge on any atom is -0.388 e. The largest absolute Gasteiger partial charge is 0.388 e. The summed E-state index contributed by atoms with van der Waals surface area (Å²) in [5, 5.41) is 19.0. The number of Topliss-reactive ketones (excluding diaryl/α,β-unsaturated/α-hetero) is 1. The van der Waals surface area contributed by atoms with Crippen molar-refractivity contribution < 1.29 is 14.8 Å². The van der Waals surface area contributed by atoms with Crippen molar-refractivity contribution in [2.24, 2.45) is 0 Å². The number of nitro groups is 1. The van der Waals surface area contributed by atoms with E-state index in [1.807, 2.05) is 0 Å². The van der Waals surface area contributed by atoms with Crippen LogP contribution in [0.4, 0.5) is 5.69 Å². The third-order valence-corrected chi connectivity index (χ3v) is 1.78. The molecular formula is C8H6ClNO4. The molecule has 1 aromatic rings. The lowest BCUT2D eigenvalue weighted by molar-refractivity contribution is -0.384. The molecule has 0 heterocycles. The molecule has 1 N–H and O–H groups in total. The van der Waals surface area contributed by atoms with Gasteiger partial charge in [-0.25, -0.2) is 0 Å². The summed E-state index contributed by atoms with van der Waals surface area (Å²) < 4.78 is 0. The second-order valence-electron chi connectivity index (χ2n) is 2.54. The SMILES string of the molecule is O=C(CO)c1cc(Cl)cc([N+](=O)[O-])c1. The first-order valence-electron chi connectivity index (χ1n) is 3.63. The van der Waals surface area contributed by atoms with Gasteiger partial charge < -0.3 is 5.11 Å². The zero-order chi connectivity index (χ0) is 10.7. The summed E-state index contributed by atoms with van der Waals surface area (Å²) in [6, 6.07) is 3.48. The number of ketones is 1. The summed E-state index contributed by atoms with van der Waals surface area (Å²) in [5.41, 5.74) is -0.235. The Morgan fingerprint density at radius 1 is 1.50 bits per heavy atom. The van der Waals surface area contributed by atoms with Gasteiger partial charge in [-0.2, -0.15) is 0 Å². The van der Waals surface area contributed by atoms with E-state index >= 15 is 0 Å². The van der Waals surface area contributed by atoms with Crippen LogP contribution < -0.4 is 0 Å². The van der Waals surface area contributed by atoms with Gasteiger partial charge in [0.1, 0.15) is 6.61 Å².